The fourth-order valence-electron chi connectivity index (χ4n) is 2.70. The van der Waals surface area contributed by atoms with E-state index < -0.39 is 0 Å². The second-order valence-electron chi connectivity index (χ2n) is 5.19. The summed E-state index contributed by atoms with van der Waals surface area (Å²) in [5.74, 6) is -0.0338. The van der Waals surface area contributed by atoms with E-state index in [9.17, 15) is 4.79 Å². The van der Waals surface area contributed by atoms with E-state index in [0.717, 1.165) is 28.1 Å². The Hall–Kier alpha value is -2.07. The number of benzene rings is 1. The van der Waals surface area contributed by atoms with E-state index in [2.05, 4.69) is 35.9 Å². The van der Waals surface area contributed by atoms with Gasteiger partial charge in [-0.25, -0.2) is 0 Å². The third-order valence-electron chi connectivity index (χ3n) is 3.75. The molecule has 108 valence electrons. The molecule has 0 atom stereocenters. The molecule has 1 aromatic carbocycles. The summed E-state index contributed by atoms with van der Waals surface area (Å²) in [5.41, 5.74) is 4.31. The van der Waals surface area contributed by atoms with Gasteiger partial charge in [-0.05, 0) is 62.0 Å². The van der Waals surface area contributed by atoms with E-state index in [4.69, 9.17) is 0 Å². The molecular formula is C17H18N2OS. The lowest BCUT2D eigenvalue weighted by Crippen LogP contribution is -2.11. The van der Waals surface area contributed by atoms with Crippen LogP contribution >= 0.6 is 11.3 Å². The lowest BCUT2D eigenvalue weighted by molar-refractivity contribution is 0.103. The minimum atomic E-state index is -0.0338. The van der Waals surface area contributed by atoms with Crippen molar-refractivity contribution >= 4 is 33.8 Å². The highest BCUT2D eigenvalue weighted by Gasteiger charge is 2.11. The first kappa shape index (κ1) is 13.9. The number of carbonyl (C=O) groups excluding carboxylic acids is 1. The highest BCUT2D eigenvalue weighted by Crippen LogP contribution is 2.24. The SMILES string of the molecule is CCn1c(C)cc2cc(NC(=O)c3sccc3C)ccc21. The van der Waals surface area contributed by atoms with Crippen LogP contribution in [-0.2, 0) is 6.54 Å². The number of carbonyl (C=O) groups is 1. The first-order chi connectivity index (χ1) is 10.1. The van der Waals surface area contributed by atoms with Crippen molar-refractivity contribution in [3.05, 3.63) is 51.8 Å². The van der Waals surface area contributed by atoms with Gasteiger partial charge in [0.05, 0.1) is 4.88 Å². The van der Waals surface area contributed by atoms with Crippen molar-refractivity contribution in [2.45, 2.75) is 27.3 Å². The van der Waals surface area contributed by atoms with Gasteiger partial charge in [0, 0.05) is 28.8 Å². The van der Waals surface area contributed by atoms with Crippen molar-refractivity contribution in [2.75, 3.05) is 5.32 Å². The number of aromatic nitrogens is 1. The fraction of sp³-hybridized carbons (Fsp3) is 0.235. The van der Waals surface area contributed by atoms with Gasteiger partial charge in [-0.2, -0.15) is 0 Å². The molecule has 0 aliphatic rings. The van der Waals surface area contributed by atoms with Gasteiger partial charge in [0.1, 0.15) is 0 Å². The molecule has 2 aromatic heterocycles. The average Bonchev–Trinajstić information content (AvgIpc) is 3.00. The van der Waals surface area contributed by atoms with Crippen LogP contribution in [0.5, 0.6) is 0 Å². The highest BCUT2D eigenvalue weighted by molar-refractivity contribution is 7.12. The summed E-state index contributed by atoms with van der Waals surface area (Å²) in [7, 11) is 0. The lowest BCUT2D eigenvalue weighted by atomic mass is 10.2. The molecule has 0 aliphatic heterocycles. The van der Waals surface area contributed by atoms with Gasteiger partial charge in [-0.3, -0.25) is 4.79 Å². The van der Waals surface area contributed by atoms with Crippen molar-refractivity contribution in [2.24, 2.45) is 0 Å². The molecule has 0 radical (unpaired) electrons. The summed E-state index contributed by atoms with van der Waals surface area (Å²) < 4.78 is 2.27. The van der Waals surface area contributed by atoms with Crippen LogP contribution in [0.4, 0.5) is 5.69 Å². The summed E-state index contributed by atoms with van der Waals surface area (Å²) in [6.45, 7) is 7.16. The van der Waals surface area contributed by atoms with Crippen LogP contribution in [0.25, 0.3) is 10.9 Å². The molecule has 0 fully saturated rings. The van der Waals surface area contributed by atoms with Gasteiger partial charge in [-0.15, -0.1) is 11.3 Å². The van der Waals surface area contributed by atoms with Crippen molar-refractivity contribution < 1.29 is 4.79 Å². The monoisotopic (exact) mass is 298 g/mol. The smallest absolute Gasteiger partial charge is 0.265 e. The fourth-order valence-corrected chi connectivity index (χ4v) is 3.52. The molecule has 0 aliphatic carbocycles. The summed E-state index contributed by atoms with van der Waals surface area (Å²) >= 11 is 1.47. The van der Waals surface area contributed by atoms with E-state index in [1.165, 1.54) is 22.5 Å². The number of thiophene rings is 1. The zero-order chi connectivity index (χ0) is 15.0. The molecule has 1 amide bonds. The summed E-state index contributed by atoms with van der Waals surface area (Å²) in [6.07, 6.45) is 0. The number of nitrogens with zero attached hydrogens (tertiary/aromatic N) is 1. The van der Waals surface area contributed by atoms with Gasteiger partial charge in [0.15, 0.2) is 0 Å². The molecule has 3 nitrogen and oxygen atoms in total. The Bertz CT molecular complexity index is 813. The van der Waals surface area contributed by atoms with E-state index in [1.807, 2.05) is 30.5 Å². The molecule has 3 rings (SSSR count). The Morgan fingerprint density at radius 3 is 2.71 bits per heavy atom. The zero-order valence-electron chi connectivity index (χ0n) is 12.4. The maximum absolute atomic E-state index is 12.3. The number of aryl methyl sites for hydroxylation is 3. The highest BCUT2D eigenvalue weighted by atomic mass is 32.1. The molecule has 0 saturated heterocycles. The number of rotatable bonds is 3. The molecule has 2 heterocycles. The maximum atomic E-state index is 12.3. The molecule has 4 heteroatoms. The Labute approximate surface area is 128 Å². The Kier molecular flexibility index (Phi) is 3.55. The van der Waals surface area contributed by atoms with Crippen LogP contribution < -0.4 is 5.32 Å². The number of hydrogen-bond donors (Lipinski definition) is 1. The van der Waals surface area contributed by atoms with Crippen molar-refractivity contribution in [1.82, 2.24) is 4.57 Å². The number of anilines is 1. The average molecular weight is 298 g/mol. The van der Waals surface area contributed by atoms with Crippen molar-refractivity contribution in [1.29, 1.82) is 0 Å². The standard InChI is InChI=1S/C17H18N2OS/c1-4-19-12(3)9-13-10-14(5-6-15(13)19)18-17(20)16-11(2)7-8-21-16/h5-10H,4H2,1-3H3,(H,18,20). The molecule has 0 unspecified atom stereocenters. The predicted octanol–water partition coefficient (Wildman–Crippen LogP) is 4.59. The number of fused-ring (bicyclic) bond motifs is 1. The van der Waals surface area contributed by atoms with Crippen LogP contribution in [-0.4, -0.2) is 10.5 Å². The van der Waals surface area contributed by atoms with Crippen LogP contribution in [0.3, 0.4) is 0 Å². The zero-order valence-corrected chi connectivity index (χ0v) is 13.3. The van der Waals surface area contributed by atoms with Gasteiger partial charge in [0.25, 0.3) is 5.91 Å². The Balaban J connectivity index is 1.92. The first-order valence-corrected chi connectivity index (χ1v) is 7.93. The van der Waals surface area contributed by atoms with E-state index >= 15 is 0 Å². The second kappa shape index (κ2) is 5.37. The first-order valence-electron chi connectivity index (χ1n) is 7.05. The van der Waals surface area contributed by atoms with E-state index in [-0.39, 0.29) is 5.91 Å². The number of amides is 1. The normalized spacial score (nSPS) is 11.0. The minimum Gasteiger partial charge on any atom is -0.345 e. The topological polar surface area (TPSA) is 34.0 Å². The quantitative estimate of drug-likeness (QED) is 0.754. The Morgan fingerprint density at radius 2 is 2.05 bits per heavy atom. The van der Waals surface area contributed by atoms with Gasteiger partial charge >= 0.3 is 0 Å². The summed E-state index contributed by atoms with van der Waals surface area (Å²) in [6, 6.07) is 10.2. The third-order valence-corrected chi connectivity index (χ3v) is 4.77. The largest absolute Gasteiger partial charge is 0.345 e. The lowest BCUT2D eigenvalue weighted by Gasteiger charge is -2.07. The van der Waals surface area contributed by atoms with Crippen molar-refractivity contribution in [3.8, 4) is 0 Å². The maximum Gasteiger partial charge on any atom is 0.265 e. The predicted molar refractivity (Wildman–Crippen MR) is 89.4 cm³/mol. The summed E-state index contributed by atoms with van der Waals surface area (Å²) in [5, 5.41) is 6.09. The molecule has 0 bridgehead atoms. The van der Waals surface area contributed by atoms with Crippen LogP contribution in [0.1, 0.15) is 27.9 Å². The third kappa shape index (κ3) is 2.47. The van der Waals surface area contributed by atoms with E-state index in [1.54, 1.807) is 0 Å². The number of hydrogen-bond acceptors (Lipinski definition) is 2. The van der Waals surface area contributed by atoms with Gasteiger partial charge in [-0.1, -0.05) is 0 Å². The van der Waals surface area contributed by atoms with Gasteiger partial charge in [0.2, 0.25) is 0 Å². The molecule has 21 heavy (non-hydrogen) atoms. The molecule has 3 aromatic rings. The van der Waals surface area contributed by atoms with E-state index in [0.29, 0.717) is 0 Å². The van der Waals surface area contributed by atoms with Gasteiger partial charge < -0.3 is 9.88 Å². The van der Waals surface area contributed by atoms with Crippen LogP contribution in [0.15, 0.2) is 35.7 Å². The molecule has 0 saturated carbocycles. The van der Waals surface area contributed by atoms with Crippen molar-refractivity contribution in [3.63, 3.8) is 0 Å². The van der Waals surface area contributed by atoms with Crippen LogP contribution in [0, 0.1) is 13.8 Å². The number of nitrogens with one attached hydrogen (secondary N) is 1. The second-order valence-corrected chi connectivity index (χ2v) is 6.11. The Morgan fingerprint density at radius 1 is 1.24 bits per heavy atom. The summed E-state index contributed by atoms with van der Waals surface area (Å²) in [4.78, 5) is 13.0. The minimum absolute atomic E-state index is 0.0338. The molecular weight excluding hydrogens is 280 g/mol. The molecule has 1 N–H and O–H groups in total. The van der Waals surface area contributed by atoms with Crippen LogP contribution in [0.2, 0.25) is 0 Å². The molecule has 0 spiro atoms.